The number of nitrogens with zero attached hydrogens (tertiary/aromatic N) is 4. The van der Waals surface area contributed by atoms with E-state index < -0.39 is 52.6 Å². The summed E-state index contributed by atoms with van der Waals surface area (Å²) >= 11 is 0. The van der Waals surface area contributed by atoms with Gasteiger partial charge in [0.2, 0.25) is 5.78 Å². The Morgan fingerprint density at radius 3 is 2.03 bits per heavy atom. The van der Waals surface area contributed by atoms with Gasteiger partial charge in [-0.1, -0.05) is 132 Å². The maximum atomic E-state index is 18.7. The van der Waals surface area contributed by atoms with Crippen molar-refractivity contribution in [3.63, 3.8) is 0 Å². The van der Waals surface area contributed by atoms with Crippen LogP contribution in [0.5, 0.6) is 11.6 Å². The van der Waals surface area contributed by atoms with Crippen LogP contribution in [0.2, 0.25) is 0 Å². The first kappa shape index (κ1) is 51.0. The van der Waals surface area contributed by atoms with Crippen LogP contribution in [-0.4, -0.2) is 88.7 Å². The fraction of sp³-hybridized carbons (Fsp3) is 0.439. The van der Waals surface area contributed by atoms with Gasteiger partial charge in [0.05, 0.1) is 37.1 Å². The van der Waals surface area contributed by atoms with Crippen LogP contribution < -0.4 is 14.4 Å². The maximum absolute atomic E-state index is 18.7. The molecule has 4 aromatic carbocycles. The molecule has 1 aromatic heterocycles. The third-order valence-electron chi connectivity index (χ3n) is 13.9. The van der Waals surface area contributed by atoms with Crippen molar-refractivity contribution in [3.8, 4) is 11.6 Å². The molecule has 2 N–H and O–H groups in total. The van der Waals surface area contributed by atoms with E-state index in [1.807, 2.05) is 128 Å². The largest absolute Gasteiger partial charge is 0.508 e. The molecule has 0 amide bonds. The zero-order valence-electron chi connectivity index (χ0n) is 41.8. The lowest BCUT2D eigenvalue weighted by Crippen LogP contribution is -2.59. The zero-order chi connectivity index (χ0) is 50.4. The lowest BCUT2D eigenvalue weighted by atomic mass is 9.58. The Balaban J connectivity index is 1.32. The molecule has 71 heavy (non-hydrogen) atoms. The van der Waals surface area contributed by atoms with E-state index in [4.69, 9.17) is 18.7 Å². The number of esters is 1. The summed E-state index contributed by atoms with van der Waals surface area (Å²) in [5, 5.41) is 29.5. The van der Waals surface area contributed by atoms with Crippen LogP contribution in [0, 0.1) is 23.6 Å². The molecule has 4 atom stereocenters. The number of unbranched alkanes of at least 4 members (excludes halogenated alkanes) is 2. The van der Waals surface area contributed by atoms with Crippen LogP contribution in [0.4, 0.5) is 10.1 Å². The Kier molecular flexibility index (Phi) is 16.1. The minimum absolute atomic E-state index is 0.0191. The van der Waals surface area contributed by atoms with Crippen LogP contribution in [0.15, 0.2) is 107 Å². The van der Waals surface area contributed by atoms with Gasteiger partial charge in [0, 0.05) is 48.8 Å². The fourth-order valence-electron chi connectivity index (χ4n) is 10.6. The van der Waals surface area contributed by atoms with Gasteiger partial charge in [0.1, 0.15) is 23.7 Å². The highest BCUT2D eigenvalue weighted by Crippen LogP contribution is 2.57. The van der Waals surface area contributed by atoms with Gasteiger partial charge in [-0.3, -0.25) is 24.2 Å². The van der Waals surface area contributed by atoms with E-state index in [9.17, 15) is 19.8 Å². The molecule has 0 bridgehead atoms. The van der Waals surface area contributed by atoms with Gasteiger partial charge >= 0.3 is 5.97 Å². The minimum atomic E-state index is -2.57. The molecule has 0 unspecified atom stereocenters. The second-order valence-corrected chi connectivity index (χ2v) is 19.8. The number of aliphatic hydroxyl groups is 2. The van der Waals surface area contributed by atoms with Crippen molar-refractivity contribution in [1.29, 1.82) is 0 Å². The number of ether oxygens (including phenoxy) is 3. The summed E-state index contributed by atoms with van der Waals surface area (Å²) < 4.78 is 43.0. The van der Waals surface area contributed by atoms with E-state index >= 15 is 9.18 Å². The highest BCUT2D eigenvalue weighted by molar-refractivity contribution is 6.17. The van der Waals surface area contributed by atoms with Gasteiger partial charge in [-0.15, -0.1) is 0 Å². The highest BCUT2D eigenvalue weighted by Gasteiger charge is 2.64. The van der Waals surface area contributed by atoms with Crippen molar-refractivity contribution in [1.82, 2.24) is 15.0 Å². The molecule has 0 aliphatic heterocycles. The van der Waals surface area contributed by atoms with Gasteiger partial charge in [-0.25, -0.2) is 4.39 Å². The average molecular weight is 971 g/mol. The number of fused-ring (bicyclic) bond motifs is 4. The molecular weight excluding hydrogens is 904 g/mol. The fourth-order valence-corrected chi connectivity index (χ4v) is 10.6. The van der Waals surface area contributed by atoms with Crippen molar-refractivity contribution < 1.29 is 47.7 Å². The van der Waals surface area contributed by atoms with E-state index in [2.05, 4.69) is 5.16 Å². The van der Waals surface area contributed by atoms with Crippen molar-refractivity contribution in [2.45, 2.75) is 104 Å². The number of benzene rings is 4. The van der Waals surface area contributed by atoms with Gasteiger partial charge in [0.25, 0.3) is 5.88 Å². The topological polar surface area (TPSA) is 155 Å². The zero-order valence-corrected chi connectivity index (χ0v) is 41.8. The molecule has 0 radical (unpaired) electrons. The smallest absolute Gasteiger partial charge is 0.320 e. The first-order valence-corrected chi connectivity index (χ1v) is 25.0. The average Bonchev–Trinajstić information content (AvgIpc) is 3.77. The number of aromatic nitrogens is 1. The monoisotopic (exact) mass is 970 g/mol. The van der Waals surface area contributed by atoms with E-state index in [0.717, 1.165) is 29.5 Å². The quantitative estimate of drug-likeness (QED) is 0.0500. The molecule has 0 fully saturated rings. The van der Waals surface area contributed by atoms with Crippen LogP contribution in [0.1, 0.15) is 120 Å². The molecule has 1 heterocycles. The van der Waals surface area contributed by atoms with Gasteiger partial charge in [-0.05, 0) is 73.5 Å². The summed E-state index contributed by atoms with van der Waals surface area (Å²) in [5.41, 5.74) is 0.487. The normalized spacial score (nSPS) is 19.4. The Bertz CT molecular complexity index is 2670. The second-order valence-electron chi connectivity index (χ2n) is 19.8. The number of halogens is 1. The van der Waals surface area contributed by atoms with Crippen molar-refractivity contribution in [2.75, 3.05) is 45.3 Å². The Morgan fingerprint density at radius 1 is 0.859 bits per heavy atom. The van der Waals surface area contributed by atoms with Crippen molar-refractivity contribution >= 4 is 23.2 Å². The molecule has 0 saturated carbocycles. The summed E-state index contributed by atoms with van der Waals surface area (Å²) in [6, 6.07) is 28.2. The van der Waals surface area contributed by atoms with Gasteiger partial charge < -0.3 is 33.8 Å². The number of carbonyl (C=O) groups is 3. The summed E-state index contributed by atoms with van der Waals surface area (Å²) in [7, 11) is 3.54. The Morgan fingerprint density at radius 2 is 1.45 bits per heavy atom. The number of hydrogen-bond acceptors (Lipinski definition) is 13. The number of carbonyl (C=O) groups excluding carboxylic acids is 3. The first-order chi connectivity index (χ1) is 34.3. The number of ketones is 2. The number of hydrogen-bond donors (Lipinski definition) is 2. The molecular formula is C57H67FN4O9. The number of anilines is 1. The number of aliphatic hydroxyl groups excluding tert-OH is 1. The second kappa shape index (κ2) is 22.4. The van der Waals surface area contributed by atoms with Crippen molar-refractivity contribution in [2.24, 2.45) is 17.8 Å². The summed E-state index contributed by atoms with van der Waals surface area (Å²) in [6.45, 7) is 9.40. The SMILES string of the molecule is CCCCOc1noc2c1C(=O)[C@@]1(O)C(O)=C3C(=O)c4c(c(F)c(CN(CC(=O)OCc5ccccc5)CC(C)C)c(N(Cc5ccccc5)Cc5ccccc5)c4OCCCC)C[C@H]3C[C@H]1[C@@H]2N(C)C. The van der Waals surface area contributed by atoms with E-state index in [1.165, 1.54) is 0 Å². The molecule has 0 spiro atoms. The van der Waals surface area contributed by atoms with Crippen LogP contribution in [0.25, 0.3) is 0 Å². The molecule has 0 saturated heterocycles. The summed E-state index contributed by atoms with van der Waals surface area (Å²) in [4.78, 5) is 49.9. The first-order valence-electron chi connectivity index (χ1n) is 25.0. The standard InChI is InChI=1S/C57H67FN4O9/c1-7-9-26-68-52-46-41(28-40-29-43-50(60(5)6)53-47(56(59-71-53)69-27-10-8-2)55(66)57(43,67)54(65)45(40)51(46)64)48(58)42(33-61(30-36(3)4)34-44(63)70-35-39-24-18-13-19-25-39)49(52)62(31-37-20-14-11-15-21-37)32-38-22-16-12-17-23-38/h11-25,36,40,43,50,65,67H,7-10,26-35H2,1-6H3/t40-,43-,50-,57-/m0/s1. The predicted octanol–water partition coefficient (Wildman–Crippen LogP) is 10.00. The number of allylic oxidation sites excluding steroid dienone is 1. The van der Waals surface area contributed by atoms with Crippen LogP contribution in [0.3, 0.4) is 0 Å². The maximum Gasteiger partial charge on any atom is 0.320 e. The highest BCUT2D eigenvalue weighted by atomic mass is 19.1. The molecule has 5 aromatic rings. The molecule has 8 rings (SSSR count). The number of Topliss-reactive ketones (excluding diaryl/α,β-unsaturated/α-hetero) is 2. The number of rotatable bonds is 22. The van der Waals surface area contributed by atoms with Crippen molar-refractivity contribution in [3.05, 3.63) is 153 Å². The molecule has 3 aliphatic carbocycles. The van der Waals surface area contributed by atoms with E-state index in [1.54, 1.807) is 19.0 Å². The Labute approximate surface area is 416 Å². The minimum Gasteiger partial charge on any atom is -0.508 e. The predicted molar refractivity (Wildman–Crippen MR) is 268 cm³/mol. The Hall–Kier alpha value is -6.35. The lowest BCUT2D eigenvalue weighted by Gasteiger charge is -2.49. The molecule has 14 heteroatoms. The summed E-state index contributed by atoms with van der Waals surface area (Å²) in [5.74, 6) is -5.01. The van der Waals surface area contributed by atoms with Gasteiger partial charge in [-0.2, -0.15) is 0 Å². The summed E-state index contributed by atoms with van der Waals surface area (Å²) in [6.07, 6.45) is 2.84. The third-order valence-corrected chi connectivity index (χ3v) is 13.9. The van der Waals surface area contributed by atoms with Crippen LogP contribution >= 0.6 is 0 Å². The third kappa shape index (κ3) is 10.5. The van der Waals surface area contributed by atoms with Crippen LogP contribution in [-0.2, 0) is 42.2 Å². The van der Waals surface area contributed by atoms with Gasteiger partial charge in [0.15, 0.2) is 22.9 Å². The molecule has 376 valence electrons. The lowest BCUT2D eigenvalue weighted by molar-refractivity contribution is -0.146. The van der Waals surface area contributed by atoms with E-state index in [-0.39, 0.29) is 110 Å². The molecule has 3 aliphatic rings. The molecule has 13 nitrogen and oxygen atoms in total. The van der Waals surface area contributed by atoms with E-state index in [0.29, 0.717) is 25.1 Å².